The quantitative estimate of drug-likeness (QED) is 0.194. The first-order valence-electron chi connectivity index (χ1n) is 13.5. The van der Waals surface area contributed by atoms with Crippen LogP contribution >= 0.6 is 0 Å². The minimum Gasteiger partial charge on any atom is -0.507 e. The Bertz CT molecular complexity index is 1530. The number of hydrogen-bond donors (Lipinski definition) is 1. The Labute approximate surface area is 240 Å². The molecule has 3 nitrogen and oxygen atoms in total. The Morgan fingerprint density at radius 3 is 2.37 bits per heavy atom. The molecule has 1 fully saturated rings. The molecule has 1 aliphatic carbocycles. The van der Waals surface area contributed by atoms with E-state index in [9.17, 15) is 5.11 Å². The number of nitrogens with zero attached hydrogens (tertiary/aromatic N) is 2. The van der Waals surface area contributed by atoms with E-state index in [1.54, 1.807) is 18.3 Å². The summed E-state index contributed by atoms with van der Waals surface area (Å²) in [6.07, 6.45) is 9.14. The molecule has 5 aromatic rings. The van der Waals surface area contributed by atoms with Gasteiger partial charge in [0, 0.05) is 39.4 Å². The van der Waals surface area contributed by atoms with Crippen LogP contribution in [-0.2, 0) is 20.1 Å². The largest absolute Gasteiger partial charge is 0.507 e. The summed E-state index contributed by atoms with van der Waals surface area (Å²) < 4.78 is 8.89. The minimum atomic E-state index is -0.415. The van der Waals surface area contributed by atoms with Gasteiger partial charge < -0.3 is 10.1 Å². The van der Waals surface area contributed by atoms with Crippen molar-refractivity contribution in [2.45, 2.75) is 51.8 Å². The fourth-order valence-corrected chi connectivity index (χ4v) is 5.12. The van der Waals surface area contributed by atoms with Crippen molar-refractivity contribution in [1.29, 1.82) is 0 Å². The summed E-state index contributed by atoms with van der Waals surface area (Å²) in [6, 6.07) is 29.1. The Hall–Kier alpha value is -3.33. The maximum absolute atomic E-state index is 9.52. The van der Waals surface area contributed by atoms with Gasteiger partial charge in [0.2, 0.25) is 0 Å². The molecule has 0 bridgehead atoms. The third kappa shape index (κ3) is 6.56. The monoisotopic (exact) mass is 679 g/mol. The van der Waals surface area contributed by atoms with Crippen molar-refractivity contribution >= 4 is 10.8 Å². The molecule has 2 heterocycles. The van der Waals surface area contributed by atoms with E-state index in [4.69, 9.17) is 1.37 Å². The topological polar surface area (TPSA) is 46.0 Å². The number of para-hydroxylation sites is 1. The number of benzene rings is 3. The van der Waals surface area contributed by atoms with Crippen molar-refractivity contribution in [2.75, 3.05) is 0 Å². The van der Waals surface area contributed by atoms with Gasteiger partial charge in [0.05, 0.1) is 5.69 Å². The number of aromatic nitrogens is 2. The van der Waals surface area contributed by atoms with E-state index in [0.29, 0.717) is 0 Å². The van der Waals surface area contributed by atoms with Crippen molar-refractivity contribution in [1.82, 2.24) is 9.97 Å². The first-order chi connectivity index (χ1) is 18.4. The molecule has 1 saturated carbocycles. The standard InChI is InChI=1S/C23H24N.C11H9NO.Ir/c1-16-12-17(2)14-21(13-16)23-22-9-8-19(15-20(22)10-11-24-23)18-6-4-3-5-7-18;13-11-7-2-1-5-9(11)10-6-3-4-8-12-10;/h8-13,15,18H,3-7H2,1-2H3;1-8,13H;/q-1;;/i18D;;. The van der Waals surface area contributed by atoms with Gasteiger partial charge in [-0.2, -0.15) is 0 Å². The van der Waals surface area contributed by atoms with Gasteiger partial charge in [-0.3, -0.25) is 4.98 Å². The zero-order chi connectivity index (χ0) is 26.5. The first-order valence-corrected chi connectivity index (χ1v) is 13.0. The Morgan fingerprint density at radius 2 is 1.63 bits per heavy atom. The van der Waals surface area contributed by atoms with E-state index in [0.717, 1.165) is 51.9 Å². The number of pyridine rings is 2. The molecule has 1 N–H and O–H groups in total. The summed E-state index contributed by atoms with van der Waals surface area (Å²) in [6.45, 7) is 4.19. The second-order valence-electron chi connectivity index (χ2n) is 9.75. The first kappa shape index (κ1) is 26.3. The van der Waals surface area contributed by atoms with Gasteiger partial charge in [-0.05, 0) is 71.1 Å². The molecule has 0 unspecified atom stereocenters. The SMILES string of the molecule is Oc1ccccc1-c1ccccn1.[2H]C1(c2ccc3c(-c4[c-]c(C)cc(C)c4)nccc3c2)CCCCC1.[Ir]. The molecule has 1 aliphatic rings. The van der Waals surface area contributed by atoms with Crippen LogP contribution in [0, 0.1) is 19.9 Å². The number of fused-ring (bicyclic) bond motifs is 1. The van der Waals surface area contributed by atoms with Crippen LogP contribution in [0.15, 0.2) is 91.3 Å². The fraction of sp³-hybridized carbons (Fsp3) is 0.235. The van der Waals surface area contributed by atoms with Crippen LogP contribution in [0.3, 0.4) is 0 Å². The number of phenolic OH excluding ortho intramolecular Hbond substituents is 1. The van der Waals surface area contributed by atoms with Crippen molar-refractivity contribution < 1.29 is 26.6 Å². The third-order valence-electron chi connectivity index (χ3n) is 6.88. The molecular weight excluding hydrogens is 645 g/mol. The van der Waals surface area contributed by atoms with Gasteiger partial charge >= 0.3 is 0 Å². The molecule has 2 aromatic heterocycles. The third-order valence-corrected chi connectivity index (χ3v) is 6.88. The Kier molecular flexibility index (Phi) is 8.96. The molecule has 0 aliphatic heterocycles. The maximum Gasteiger partial charge on any atom is 0.124 e. The maximum atomic E-state index is 9.52. The molecule has 6 rings (SSSR count). The normalized spacial score (nSPS) is 14.5. The second-order valence-corrected chi connectivity index (χ2v) is 9.75. The van der Waals surface area contributed by atoms with Gasteiger partial charge in [0.15, 0.2) is 0 Å². The summed E-state index contributed by atoms with van der Waals surface area (Å²) in [5, 5.41) is 11.8. The van der Waals surface area contributed by atoms with Gasteiger partial charge in [-0.15, -0.1) is 34.9 Å². The molecule has 195 valence electrons. The molecule has 3 aromatic carbocycles. The van der Waals surface area contributed by atoms with E-state index >= 15 is 0 Å². The molecule has 4 heteroatoms. The zero-order valence-electron chi connectivity index (χ0n) is 22.9. The summed E-state index contributed by atoms with van der Waals surface area (Å²) in [5.74, 6) is -0.150. The van der Waals surface area contributed by atoms with Crippen molar-refractivity contribution in [3.63, 3.8) is 0 Å². The fourth-order valence-electron chi connectivity index (χ4n) is 5.12. The molecule has 0 atom stereocenters. The average molecular weight is 679 g/mol. The number of aromatic hydroxyl groups is 1. The predicted molar refractivity (Wildman–Crippen MR) is 153 cm³/mol. The zero-order valence-corrected chi connectivity index (χ0v) is 24.3. The molecule has 0 spiro atoms. The number of aryl methyl sites for hydroxylation is 2. The molecular formula is C34H33IrN2O-. The summed E-state index contributed by atoms with van der Waals surface area (Å²) >= 11 is 0. The van der Waals surface area contributed by atoms with E-state index in [-0.39, 0.29) is 25.9 Å². The van der Waals surface area contributed by atoms with Crippen LogP contribution in [-0.4, -0.2) is 15.1 Å². The van der Waals surface area contributed by atoms with E-state index in [2.05, 4.69) is 66.3 Å². The van der Waals surface area contributed by atoms with E-state index < -0.39 is 5.89 Å². The van der Waals surface area contributed by atoms with Crippen LogP contribution in [0.2, 0.25) is 0 Å². The van der Waals surface area contributed by atoms with Gasteiger partial charge in [-0.25, -0.2) is 0 Å². The molecule has 38 heavy (non-hydrogen) atoms. The molecule has 0 amide bonds. The van der Waals surface area contributed by atoms with Crippen LogP contribution in [0.5, 0.6) is 5.75 Å². The Balaban J connectivity index is 0.000000213. The van der Waals surface area contributed by atoms with Gasteiger partial charge in [0.25, 0.3) is 0 Å². The number of phenols is 1. The van der Waals surface area contributed by atoms with Gasteiger partial charge in [0.1, 0.15) is 5.75 Å². The van der Waals surface area contributed by atoms with Crippen LogP contribution < -0.4 is 0 Å². The van der Waals surface area contributed by atoms with Crippen molar-refractivity contribution in [2.24, 2.45) is 0 Å². The smallest absolute Gasteiger partial charge is 0.124 e. The van der Waals surface area contributed by atoms with Crippen molar-refractivity contribution in [3.8, 4) is 28.3 Å². The Morgan fingerprint density at radius 1 is 0.842 bits per heavy atom. The summed E-state index contributed by atoms with van der Waals surface area (Å²) in [4.78, 5) is 8.79. The van der Waals surface area contributed by atoms with E-state index in [1.165, 1.54) is 30.2 Å². The predicted octanol–water partition coefficient (Wildman–Crippen LogP) is 8.82. The number of rotatable bonds is 3. The van der Waals surface area contributed by atoms with Crippen LogP contribution in [0.1, 0.15) is 56.1 Å². The summed E-state index contributed by atoms with van der Waals surface area (Å²) in [5.41, 5.74) is 7.12. The van der Waals surface area contributed by atoms with E-state index in [1.807, 2.05) is 36.5 Å². The van der Waals surface area contributed by atoms with Crippen molar-refractivity contribution in [3.05, 3.63) is 114 Å². The second kappa shape index (κ2) is 13.0. The summed E-state index contributed by atoms with van der Waals surface area (Å²) in [7, 11) is 0. The van der Waals surface area contributed by atoms with Crippen LogP contribution in [0.4, 0.5) is 0 Å². The molecule has 0 saturated heterocycles. The minimum absolute atomic E-state index is 0. The molecule has 1 radical (unpaired) electrons. The average Bonchev–Trinajstić information content (AvgIpc) is 2.93. The van der Waals surface area contributed by atoms with Crippen LogP contribution in [0.25, 0.3) is 33.3 Å². The number of hydrogen-bond acceptors (Lipinski definition) is 3. The van der Waals surface area contributed by atoms with Gasteiger partial charge in [-0.1, -0.05) is 69.5 Å².